The summed E-state index contributed by atoms with van der Waals surface area (Å²) in [4.78, 5) is 18.2. The van der Waals surface area contributed by atoms with E-state index < -0.39 is 0 Å². The highest BCUT2D eigenvalue weighted by molar-refractivity contribution is 5.97. The van der Waals surface area contributed by atoms with Crippen molar-refractivity contribution >= 4 is 16.9 Å². The third-order valence-corrected chi connectivity index (χ3v) is 5.59. The maximum atomic E-state index is 12.7. The standard InChI is InChI=1S/C26H32N2O4/c1-19(2)32-21-15-23-22(25(16-21)31-18-20-9-5-3-6-10-20)17-24(27-23)26(29)30-14-13-28-11-7-4-8-12-28/h3,5-6,9-10,15-17,19,27H,4,7-8,11-14,18H2,1-2H3. The number of rotatable bonds is 9. The van der Waals surface area contributed by atoms with Gasteiger partial charge in [0.05, 0.1) is 11.6 Å². The van der Waals surface area contributed by atoms with Crippen LogP contribution in [-0.4, -0.2) is 48.2 Å². The van der Waals surface area contributed by atoms with Gasteiger partial charge in [-0.15, -0.1) is 0 Å². The summed E-state index contributed by atoms with van der Waals surface area (Å²) in [5.41, 5.74) is 2.28. The molecule has 2 aromatic carbocycles. The molecule has 0 bridgehead atoms. The summed E-state index contributed by atoms with van der Waals surface area (Å²) in [5.74, 6) is 1.02. The predicted molar refractivity (Wildman–Crippen MR) is 125 cm³/mol. The smallest absolute Gasteiger partial charge is 0.354 e. The van der Waals surface area contributed by atoms with E-state index in [0.29, 0.717) is 30.4 Å². The van der Waals surface area contributed by atoms with Gasteiger partial charge < -0.3 is 19.2 Å². The average molecular weight is 437 g/mol. The molecule has 1 N–H and O–H groups in total. The molecule has 4 rings (SSSR count). The lowest BCUT2D eigenvalue weighted by atomic mass is 10.1. The lowest BCUT2D eigenvalue weighted by molar-refractivity contribution is 0.0446. The Kier molecular flexibility index (Phi) is 7.32. The largest absolute Gasteiger partial charge is 0.491 e. The zero-order chi connectivity index (χ0) is 22.3. The van der Waals surface area contributed by atoms with Crippen LogP contribution in [0.5, 0.6) is 11.5 Å². The van der Waals surface area contributed by atoms with Gasteiger partial charge in [-0.25, -0.2) is 4.79 Å². The number of aromatic nitrogens is 1. The zero-order valence-electron chi connectivity index (χ0n) is 18.9. The van der Waals surface area contributed by atoms with Crippen LogP contribution in [0.1, 0.15) is 49.2 Å². The Balaban J connectivity index is 1.49. The van der Waals surface area contributed by atoms with Crippen molar-refractivity contribution in [3.8, 4) is 11.5 Å². The van der Waals surface area contributed by atoms with Gasteiger partial charge in [-0.05, 0) is 51.4 Å². The maximum absolute atomic E-state index is 12.7. The van der Waals surface area contributed by atoms with E-state index in [1.165, 1.54) is 19.3 Å². The third kappa shape index (κ3) is 5.82. The Bertz CT molecular complexity index is 1020. The molecular formula is C26H32N2O4. The molecule has 0 unspecified atom stereocenters. The summed E-state index contributed by atoms with van der Waals surface area (Å²) in [6, 6.07) is 15.6. The van der Waals surface area contributed by atoms with E-state index in [1.54, 1.807) is 6.07 Å². The molecule has 0 aliphatic carbocycles. The summed E-state index contributed by atoms with van der Waals surface area (Å²) in [5, 5.41) is 0.833. The normalized spacial score (nSPS) is 14.6. The lowest BCUT2D eigenvalue weighted by Crippen LogP contribution is -2.33. The third-order valence-electron chi connectivity index (χ3n) is 5.59. The number of hydrogen-bond acceptors (Lipinski definition) is 5. The second-order valence-electron chi connectivity index (χ2n) is 8.54. The molecule has 1 fully saturated rings. The first-order chi connectivity index (χ1) is 15.6. The molecule has 1 aliphatic heterocycles. The number of benzene rings is 2. The number of likely N-dealkylation sites (tertiary alicyclic amines) is 1. The fourth-order valence-corrected chi connectivity index (χ4v) is 4.01. The molecule has 0 spiro atoms. The van der Waals surface area contributed by atoms with Crippen molar-refractivity contribution in [2.75, 3.05) is 26.2 Å². The lowest BCUT2D eigenvalue weighted by Gasteiger charge is -2.25. The quantitative estimate of drug-likeness (QED) is 0.469. The molecule has 1 aromatic heterocycles. The fraction of sp³-hybridized carbons (Fsp3) is 0.423. The SMILES string of the molecule is CC(C)Oc1cc(OCc2ccccc2)c2cc(C(=O)OCCN3CCCCC3)[nH]c2c1. The van der Waals surface area contributed by atoms with Crippen LogP contribution in [0, 0.1) is 0 Å². The van der Waals surface area contributed by atoms with Gasteiger partial charge in [0.25, 0.3) is 0 Å². The molecule has 1 aliphatic rings. The van der Waals surface area contributed by atoms with Gasteiger partial charge in [0.2, 0.25) is 0 Å². The Morgan fingerprint density at radius 1 is 1.06 bits per heavy atom. The summed E-state index contributed by atoms with van der Waals surface area (Å²) < 4.78 is 17.6. The highest BCUT2D eigenvalue weighted by Crippen LogP contribution is 2.33. The first kappa shape index (κ1) is 22.2. The minimum Gasteiger partial charge on any atom is -0.491 e. The van der Waals surface area contributed by atoms with Crippen molar-refractivity contribution in [2.24, 2.45) is 0 Å². The van der Waals surface area contributed by atoms with Crippen LogP contribution in [0.15, 0.2) is 48.5 Å². The Morgan fingerprint density at radius 3 is 2.59 bits per heavy atom. The number of esters is 1. The predicted octanol–water partition coefficient (Wildman–Crippen LogP) is 5.18. The first-order valence-electron chi connectivity index (χ1n) is 11.5. The second-order valence-corrected chi connectivity index (χ2v) is 8.54. The number of fused-ring (bicyclic) bond motifs is 1. The summed E-state index contributed by atoms with van der Waals surface area (Å²) in [7, 11) is 0. The first-order valence-corrected chi connectivity index (χ1v) is 11.5. The van der Waals surface area contributed by atoms with Gasteiger partial charge in [0.1, 0.15) is 30.4 Å². The summed E-state index contributed by atoms with van der Waals surface area (Å²) in [6.45, 7) is 7.75. The average Bonchev–Trinajstić information content (AvgIpc) is 3.23. The molecule has 0 saturated carbocycles. The number of nitrogens with zero attached hydrogens (tertiary/aromatic N) is 1. The minimum atomic E-state index is -0.349. The van der Waals surface area contributed by atoms with E-state index in [9.17, 15) is 4.79 Å². The molecule has 0 atom stereocenters. The summed E-state index contributed by atoms with van der Waals surface area (Å²) >= 11 is 0. The van der Waals surface area contributed by atoms with E-state index >= 15 is 0 Å². The molecule has 2 heterocycles. The monoisotopic (exact) mass is 436 g/mol. The molecule has 1 saturated heterocycles. The maximum Gasteiger partial charge on any atom is 0.354 e. The van der Waals surface area contributed by atoms with E-state index in [1.807, 2.05) is 56.3 Å². The van der Waals surface area contributed by atoms with E-state index in [4.69, 9.17) is 14.2 Å². The number of nitrogens with one attached hydrogen (secondary N) is 1. The van der Waals surface area contributed by atoms with Gasteiger partial charge in [0.15, 0.2) is 0 Å². The molecular weight excluding hydrogens is 404 g/mol. The Morgan fingerprint density at radius 2 is 1.84 bits per heavy atom. The van der Waals surface area contributed by atoms with Crippen molar-refractivity contribution < 1.29 is 19.0 Å². The molecule has 0 amide bonds. The van der Waals surface area contributed by atoms with Gasteiger partial charge in [-0.3, -0.25) is 4.90 Å². The summed E-state index contributed by atoms with van der Waals surface area (Å²) in [6.07, 6.45) is 3.77. The van der Waals surface area contributed by atoms with E-state index in [2.05, 4.69) is 9.88 Å². The van der Waals surface area contributed by atoms with Crippen LogP contribution in [0.4, 0.5) is 0 Å². The highest BCUT2D eigenvalue weighted by atomic mass is 16.5. The zero-order valence-corrected chi connectivity index (χ0v) is 18.9. The van der Waals surface area contributed by atoms with Crippen molar-refractivity contribution in [3.05, 3.63) is 59.8 Å². The molecule has 32 heavy (non-hydrogen) atoms. The second kappa shape index (κ2) is 10.6. The number of H-pyrrole nitrogens is 1. The van der Waals surface area contributed by atoms with Crippen molar-refractivity contribution in [3.63, 3.8) is 0 Å². The Hall–Kier alpha value is -2.99. The van der Waals surface area contributed by atoms with Crippen molar-refractivity contribution in [2.45, 2.75) is 45.8 Å². The van der Waals surface area contributed by atoms with Crippen LogP contribution in [0.25, 0.3) is 10.9 Å². The topological polar surface area (TPSA) is 63.8 Å². The minimum absolute atomic E-state index is 0.0311. The fourth-order valence-electron chi connectivity index (χ4n) is 4.01. The number of carbonyl (C=O) groups is 1. The number of aromatic amines is 1. The van der Waals surface area contributed by atoms with Crippen molar-refractivity contribution in [1.82, 2.24) is 9.88 Å². The van der Waals surface area contributed by atoms with Crippen molar-refractivity contribution in [1.29, 1.82) is 0 Å². The number of piperidine rings is 1. The van der Waals surface area contributed by atoms with Crippen LogP contribution < -0.4 is 9.47 Å². The number of ether oxygens (including phenoxy) is 3. The van der Waals surface area contributed by atoms with E-state index in [0.717, 1.165) is 36.1 Å². The van der Waals surface area contributed by atoms with Gasteiger partial charge >= 0.3 is 5.97 Å². The number of hydrogen-bond donors (Lipinski definition) is 1. The van der Waals surface area contributed by atoms with Gasteiger partial charge in [-0.1, -0.05) is 36.8 Å². The van der Waals surface area contributed by atoms with Crippen LogP contribution >= 0.6 is 0 Å². The van der Waals surface area contributed by atoms with Crippen LogP contribution in [0.3, 0.4) is 0 Å². The number of carbonyl (C=O) groups excluding carboxylic acids is 1. The van der Waals surface area contributed by atoms with Gasteiger partial charge in [-0.2, -0.15) is 0 Å². The van der Waals surface area contributed by atoms with Crippen LogP contribution in [0.2, 0.25) is 0 Å². The van der Waals surface area contributed by atoms with Gasteiger partial charge in [0, 0.05) is 24.1 Å². The molecule has 6 nitrogen and oxygen atoms in total. The molecule has 0 radical (unpaired) electrons. The molecule has 3 aromatic rings. The molecule has 6 heteroatoms. The Labute approximate surface area is 189 Å². The van der Waals surface area contributed by atoms with E-state index in [-0.39, 0.29) is 12.1 Å². The van der Waals surface area contributed by atoms with Crippen LogP contribution in [-0.2, 0) is 11.3 Å². The highest BCUT2D eigenvalue weighted by Gasteiger charge is 2.17. The molecule has 170 valence electrons.